The Morgan fingerprint density at radius 1 is 1.48 bits per heavy atom. The van der Waals surface area contributed by atoms with Crippen LogP contribution in [0.3, 0.4) is 0 Å². The Hall–Kier alpha value is -2.24. The first-order chi connectivity index (χ1) is 10.1. The number of nitrogens with zero attached hydrogens (tertiary/aromatic N) is 2. The largest absolute Gasteiger partial charge is 0.463 e. The Kier molecular flexibility index (Phi) is 3.23. The van der Waals surface area contributed by atoms with Gasteiger partial charge < -0.3 is 15.8 Å². The molecule has 0 saturated heterocycles. The van der Waals surface area contributed by atoms with Gasteiger partial charge >= 0.3 is 6.03 Å². The van der Waals surface area contributed by atoms with Crippen molar-refractivity contribution in [3.63, 3.8) is 0 Å². The molecule has 2 amide bonds. The van der Waals surface area contributed by atoms with Gasteiger partial charge in [-0.15, -0.1) is 0 Å². The minimum atomic E-state index is -0.241. The second-order valence-corrected chi connectivity index (χ2v) is 5.57. The molecule has 0 saturated carbocycles. The Bertz CT molecular complexity index is 614. The summed E-state index contributed by atoms with van der Waals surface area (Å²) in [4.78, 5) is 18.1. The number of nitrogens with one attached hydrogen (secondary N) is 1. The van der Waals surface area contributed by atoms with Crippen molar-refractivity contribution in [2.24, 2.45) is 10.7 Å². The molecule has 1 aliphatic carbocycles. The lowest BCUT2D eigenvalue weighted by Crippen LogP contribution is -2.37. The molecule has 6 nitrogen and oxygen atoms in total. The molecular weight excluding hydrogens is 268 g/mol. The third kappa shape index (κ3) is 2.30. The number of ether oxygens (including phenoxy) is 1. The fourth-order valence-electron chi connectivity index (χ4n) is 3.15. The molecule has 1 spiro atoms. The van der Waals surface area contributed by atoms with Crippen LogP contribution in [0.4, 0.5) is 10.5 Å². The molecule has 1 aliphatic heterocycles. The first kappa shape index (κ1) is 13.7. The van der Waals surface area contributed by atoms with Gasteiger partial charge in [0.05, 0.1) is 0 Å². The number of amides is 2. The van der Waals surface area contributed by atoms with Gasteiger partial charge in [0.25, 0.3) is 6.02 Å². The van der Waals surface area contributed by atoms with Crippen LogP contribution in [0.15, 0.2) is 23.2 Å². The maximum Gasteiger partial charge on any atom is 0.321 e. The Balaban J connectivity index is 1.88. The Morgan fingerprint density at radius 3 is 2.86 bits per heavy atom. The summed E-state index contributed by atoms with van der Waals surface area (Å²) in [6.07, 6.45) is 1.65. The number of anilines is 1. The summed E-state index contributed by atoms with van der Waals surface area (Å²) in [5.74, 6) is 0. The molecule has 1 heterocycles. The highest BCUT2D eigenvalue weighted by atomic mass is 16.5. The van der Waals surface area contributed by atoms with Crippen molar-refractivity contribution in [3.05, 3.63) is 29.3 Å². The van der Waals surface area contributed by atoms with Crippen LogP contribution >= 0.6 is 0 Å². The molecule has 1 aromatic carbocycles. The summed E-state index contributed by atoms with van der Waals surface area (Å²) in [7, 11) is 1.64. The van der Waals surface area contributed by atoms with Gasteiger partial charge in [-0.2, -0.15) is 0 Å². The van der Waals surface area contributed by atoms with E-state index in [0.29, 0.717) is 13.2 Å². The van der Waals surface area contributed by atoms with Gasteiger partial charge in [-0.05, 0) is 30.2 Å². The molecule has 0 fully saturated rings. The van der Waals surface area contributed by atoms with E-state index in [1.165, 1.54) is 11.1 Å². The maximum absolute atomic E-state index is 11.9. The van der Waals surface area contributed by atoms with Crippen molar-refractivity contribution in [3.8, 4) is 0 Å². The first-order valence-corrected chi connectivity index (χ1v) is 7.16. The standard InChI is InChI=1S/C15H20N4O2/c1-3-19(14(20)17-2)12-5-4-10-7-15(8-11(10)6-12)9-21-13(16)18-15/h4-6H,3,7-9H2,1-2H3,(H2,16,18)(H,17,20). The number of urea groups is 1. The minimum Gasteiger partial charge on any atom is -0.463 e. The molecule has 1 aromatic rings. The highest BCUT2D eigenvalue weighted by molar-refractivity contribution is 5.91. The van der Waals surface area contributed by atoms with Crippen molar-refractivity contribution in [1.82, 2.24) is 5.32 Å². The van der Waals surface area contributed by atoms with Crippen molar-refractivity contribution in [2.45, 2.75) is 25.3 Å². The minimum absolute atomic E-state index is 0.100. The zero-order valence-electron chi connectivity index (χ0n) is 12.3. The van der Waals surface area contributed by atoms with E-state index in [2.05, 4.69) is 22.4 Å². The molecule has 0 bridgehead atoms. The molecule has 1 unspecified atom stereocenters. The maximum atomic E-state index is 11.9. The third-order valence-corrected chi connectivity index (χ3v) is 4.15. The van der Waals surface area contributed by atoms with E-state index in [1.807, 2.05) is 13.0 Å². The van der Waals surface area contributed by atoms with Crippen LogP contribution in [0, 0.1) is 0 Å². The number of carbonyl (C=O) groups is 1. The van der Waals surface area contributed by atoms with Crippen LogP contribution in [0.1, 0.15) is 18.1 Å². The molecule has 0 aromatic heterocycles. The number of amidine groups is 1. The van der Waals surface area contributed by atoms with Crippen molar-refractivity contribution in [2.75, 3.05) is 25.1 Å². The number of fused-ring (bicyclic) bond motifs is 1. The van der Waals surface area contributed by atoms with Crippen molar-refractivity contribution < 1.29 is 9.53 Å². The van der Waals surface area contributed by atoms with E-state index in [-0.39, 0.29) is 17.6 Å². The average Bonchev–Trinajstić information content (AvgIpc) is 3.01. The number of carbonyl (C=O) groups excluding carboxylic acids is 1. The van der Waals surface area contributed by atoms with Gasteiger partial charge in [-0.3, -0.25) is 4.90 Å². The molecule has 6 heteroatoms. The van der Waals surface area contributed by atoms with Gasteiger partial charge in [0.2, 0.25) is 0 Å². The monoisotopic (exact) mass is 288 g/mol. The number of nitrogens with two attached hydrogens (primary N) is 1. The summed E-state index contributed by atoms with van der Waals surface area (Å²) in [5.41, 5.74) is 8.79. The van der Waals surface area contributed by atoms with E-state index in [4.69, 9.17) is 10.5 Å². The molecule has 1 atom stereocenters. The van der Waals surface area contributed by atoms with E-state index < -0.39 is 0 Å². The first-order valence-electron chi connectivity index (χ1n) is 7.16. The zero-order valence-corrected chi connectivity index (χ0v) is 12.3. The second-order valence-electron chi connectivity index (χ2n) is 5.57. The summed E-state index contributed by atoms with van der Waals surface area (Å²) >= 11 is 0. The van der Waals surface area contributed by atoms with Crippen molar-refractivity contribution in [1.29, 1.82) is 0 Å². The SMILES string of the molecule is CCN(C(=O)NC)c1ccc2c(c1)CC1(COC(N)=N1)C2. The van der Waals surface area contributed by atoms with Crippen molar-refractivity contribution >= 4 is 17.7 Å². The molecule has 21 heavy (non-hydrogen) atoms. The van der Waals surface area contributed by atoms with Gasteiger partial charge in [0.1, 0.15) is 12.1 Å². The van der Waals surface area contributed by atoms with Crippen LogP contribution in [-0.4, -0.2) is 37.8 Å². The number of rotatable bonds is 2. The van der Waals surface area contributed by atoms with Crippen LogP contribution in [-0.2, 0) is 17.6 Å². The summed E-state index contributed by atoms with van der Waals surface area (Å²) in [6.45, 7) is 3.12. The highest BCUT2D eigenvalue weighted by Crippen LogP contribution is 2.37. The fraction of sp³-hybridized carbons (Fsp3) is 0.467. The van der Waals surface area contributed by atoms with Crippen LogP contribution in [0.5, 0.6) is 0 Å². The molecule has 2 aliphatic rings. The molecule has 3 N–H and O–H groups in total. The summed E-state index contributed by atoms with van der Waals surface area (Å²) < 4.78 is 5.33. The lowest BCUT2D eigenvalue weighted by molar-refractivity contribution is 0.248. The molecular formula is C15H20N4O2. The van der Waals surface area contributed by atoms with Gasteiger partial charge in [0.15, 0.2) is 0 Å². The Labute approximate surface area is 124 Å². The predicted molar refractivity (Wildman–Crippen MR) is 81.6 cm³/mol. The lowest BCUT2D eigenvalue weighted by Gasteiger charge is -2.21. The highest BCUT2D eigenvalue weighted by Gasteiger charge is 2.42. The number of benzene rings is 1. The summed E-state index contributed by atoms with van der Waals surface area (Å²) in [5, 5.41) is 2.67. The van der Waals surface area contributed by atoms with E-state index in [9.17, 15) is 4.79 Å². The molecule has 3 rings (SSSR count). The quantitative estimate of drug-likeness (QED) is 0.853. The summed E-state index contributed by atoms with van der Waals surface area (Å²) in [6, 6.07) is 6.32. The van der Waals surface area contributed by atoms with E-state index in [1.54, 1.807) is 11.9 Å². The average molecular weight is 288 g/mol. The van der Waals surface area contributed by atoms with Gasteiger partial charge in [0, 0.05) is 32.1 Å². The fourth-order valence-corrected chi connectivity index (χ4v) is 3.15. The van der Waals surface area contributed by atoms with Gasteiger partial charge in [-0.25, -0.2) is 9.79 Å². The van der Waals surface area contributed by atoms with Crippen LogP contribution < -0.4 is 16.0 Å². The number of aliphatic imine (C=N–C) groups is 1. The van der Waals surface area contributed by atoms with Crippen LogP contribution in [0.2, 0.25) is 0 Å². The van der Waals surface area contributed by atoms with Gasteiger partial charge in [-0.1, -0.05) is 6.07 Å². The lowest BCUT2D eigenvalue weighted by atomic mass is 9.99. The van der Waals surface area contributed by atoms with E-state index in [0.717, 1.165) is 18.5 Å². The Morgan fingerprint density at radius 2 is 2.24 bits per heavy atom. The molecule has 112 valence electrons. The molecule has 0 radical (unpaired) electrons. The second kappa shape index (κ2) is 4.95. The third-order valence-electron chi connectivity index (χ3n) is 4.15. The van der Waals surface area contributed by atoms with E-state index >= 15 is 0 Å². The topological polar surface area (TPSA) is 80.0 Å². The zero-order chi connectivity index (χ0) is 15.0. The smallest absolute Gasteiger partial charge is 0.321 e. The number of hydrogen-bond donors (Lipinski definition) is 2. The number of hydrogen-bond acceptors (Lipinski definition) is 4. The van der Waals surface area contributed by atoms with Crippen LogP contribution in [0.25, 0.3) is 0 Å². The predicted octanol–water partition coefficient (Wildman–Crippen LogP) is 1.03. The normalized spacial score (nSPS) is 22.7.